The monoisotopic (exact) mass is 316 g/mol. The van der Waals surface area contributed by atoms with E-state index < -0.39 is 0 Å². The van der Waals surface area contributed by atoms with Gasteiger partial charge in [-0.25, -0.2) is 4.39 Å². The van der Waals surface area contributed by atoms with Crippen molar-refractivity contribution in [3.63, 3.8) is 0 Å². The lowest BCUT2D eigenvalue weighted by atomic mass is 9.77. The summed E-state index contributed by atoms with van der Waals surface area (Å²) in [6.07, 6.45) is 17.5. The quantitative estimate of drug-likeness (QED) is 0.418. The van der Waals surface area contributed by atoms with Crippen LogP contribution >= 0.6 is 0 Å². The lowest BCUT2D eigenvalue weighted by molar-refractivity contribution is 0.249. The van der Waals surface area contributed by atoms with E-state index in [1.165, 1.54) is 82.3 Å². The number of aryl methyl sites for hydroxylation is 1. The second-order valence-electron chi connectivity index (χ2n) is 7.31. The third-order valence-corrected chi connectivity index (χ3v) is 5.51. The molecule has 1 saturated carbocycles. The predicted octanol–water partition coefficient (Wildman–Crippen LogP) is 7.34. The Morgan fingerprint density at radius 1 is 0.913 bits per heavy atom. The highest BCUT2D eigenvalue weighted by Crippen LogP contribution is 2.34. The summed E-state index contributed by atoms with van der Waals surface area (Å²) in [6.45, 7) is 2.29. The Bertz CT molecular complexity index is 438. The van der Waals surface area contributed by atoms with Gasteiger partial charge in [0.15, 0.2) is 0 Å². The van der Waals surface area contributed by atoms with Crippen LogP contribution in [-0.4, -0.2) is 0 Å². The molecule has 128 valence electrons. The van der Waals surface area contributed by atoms with Crippen LogP contribution in [0.4, 0.5) is 4.39 Å². The van der Waals surface area contributed by atoms with Gasteiger partial charge in [0, 0.05) is 0 Å². The van der Waals surface area contributed by atoms with E-state index in [1.807, 2.05) is 12.1 Å². The summed E-state index contributed by atoms with van der Waals surface area (Å²) in [5.74, 6) is 1.93. The molecule has 0 heterocycles. The summed E-state index contributed by atoms with van der Waals surface area (Å²) < 4.78 is 12.1. The minimum atomic E-state index is 0.607. The molecule has 0 atom stereocenters. The van der Waals surface area contributed by atoms with Gasteiger partial charge in [-0.2, -0.15) is 0 Å². The first kappa shape index (κ1) is 18.2. The molecular weight excluding hydrogens is 283 g/mol. The van der Waals surface area contributed by atoms with E-state index in [4.69, 9.17) is 0 Å². The number of rotatable bonds is 9. The van der Waals surface area contributed by atoms with Gasteiger partial charge in [-0.05, 0) is 41.9 Å². The SMILES string of the molecule is CCCCCCC1CCC(CCc2ccc(/C=C/F)cc2)CC1. The Kier molecular flexibility index (Phi) is 8.42. The Morgan fingerprint density at radius 3 is 2.17 bits per heavy atom. The fraction of sp³-hybridized carbons (Fsp3) is 0.636. The minimum absolute atomic E-state index is 0.607. The molecule has 23 heavy (non-hydrogen) atoms. The highest BCUT2D eigenvalue weighted by Gasteiger charge is 2.20. The molecule has 0 nitrogen and oxygen atoms in total. The molecule has 0 radical (unpaired) electrons. The minimum Gasteiger partial charge on any atom is -0.216 e. The third-order valence-electron chi connectivity index (χ3n) is 5.51. The molecule has 0 spiro atoms. The number of benzene rings is 1. The summed E-state index contributed by atoms with van der Waals surface area (Å²) in [5, 5.41) is 0. The summed E-state index contributed by atoms with van der Waals surface area (Å²) in [5.41, 5.74) is 2.34. The van der Waals surface area contributed by atoms with E-state index in [-0.39, 0.29) is 0 Å². The highest BCUT2D eigenvalue weighted by molar-refractivity contribution is 5.48. The molecule has 0 aromatic heterocycles. The molecule has 2 rings (SSSR count). The lowest BCUT2D eigenvalue weighted by Crippen LogP contribution is -2.15. The molecule has 1 aliphatic carbocycles. The van der Waals surface area contributed by atoms with Crippen LogP contribution in [-0.2, 0) is 6.42 Å². The lowest BCUT2D eigenvalue weighted by Gasteiger charge is -2.28. The maximum atomic E-state index is 12.1. The molecule has 0 aliphatic heterocycles. The van der Waals surface area contributed by atoms with Gasteiger partial charge < -0.3 is 0 Å². The van der Waals surface area contributed by atoms with E-state index >= 15 is 0 Å². The molecule has 0 N–H and O–H groups in total. The second kappa shape index (κ2) is 10.6. The van der Waals surface area contributed by atoms with Crippen LogP contribution in [0.3, 0.4) is 0 Å². The summed E-state index contributed by atoms with van der Waals surface area (Å²) >= 11 is 0. The standard InChI is InChI=1S/C22H33F/c1-2-3-4-5-6-19-7-9-20(10-8-19)11-12-21-13-15-22(16-14-21)17-18-23/h13-20H,2-12H2,1H3/b18-17+. The fourth-order valence-corrected chi connectivity index (χ4v) is 3.91. The van der Waals surface area contributed by atoms with E-state index in [2.05, 4.69) is 19.1 Å². The molecule has 0 amide bonds. The van der Waals surface area contributed by atoms with E-state index in [0.29, 0.717) is 6.33 Å². The Balaban J connectivity index is 1.62. The van der Waals surface area contributed by atoms with Crippen molar-refractivity contribution < 1.29 is 4.39 Å². The molecule has 0 saturated heterocycles. The zero-order valence-electron chi connectivity index (χ0n) is 14.8. The maximum absolute atomic E-state index is 12.1. The molecule has 0 bridgehead atoms. The number of unbranched alkanes of at least 4 members (excludes halogenated alkanes) is 3. The summed E-state index contributed by atoms with van der Waals surface area (Å²) in [4.78, 5) is 0. The van der Waals surface area contributed by atoms with Crippen molar-refractivity contribution in [1.82, 2.24) is 0 Å². The molecule has 1 fully saturated rings. The number of hydrogen-bond acceptors (Lipinski definition) is 0. The fourth-order valence-electron chi connectivity index (χ4n) is 3.91. The van der Waals surface area contributed by atoms with Crippen LogP contribution in [0.1, 0.15) is 82.3 Å². The largest absolute Gasteiger partial charge is 0.216 e. The molecule has 0 unspecified atom stereocenters. The zero-order chi connectivity index (χ0) is 16.3. The van der Waals surface area contributed by atoms with Crippen LogP contribution in [0.15, 0.2) is 30.6 Å². The van der Waals surface area contributed by atoms with Gasteiger partial charge in [-0.15, -0.1) is 0 Å². The van der Waals surface area contributed by atoms with Crippen molar-refractivity contribution in [2.24, 2.45) is 11.8 Å². The van der Waals surface area contributed by atoms with Crippen LogP contribution in [0.25, 0.3) is 6.08 Å². The van der Waals surface area contributed by atoms with Crippen LogP contribution in [0.2, 0.25) is 0 Å². The van der Waals surface area contributed by atoms with Gasteiger partial charge in [0.05, 0.1) is 6.33 Å². The Hall–Kier alpha value is -1.11. The molecule has 1 aromatic carbocycles. The predicted molar refractivity (Wildman–Crippen MR) is 99.1 cm³/mol. The van der Waals surface area contributed by atoms with Crippen LogP contribution in [0, 0.1) is 11.8 Å². The van der Waals surface area contributed by atoms with Crippen molar-refractivity contribution >= 4 is 6.08 Å². The third kappa shape index (κ3) is 6.89. The highest BCUT2D eigenvalue weighted by atomic mass is 19.1. The van der Waals surface area contributed by atoms with E-state index in [9.17, 15) is 4.39 Å². The number of hydrogen-bond donors (Lipinski definition) is 0. The van der Waals surface area contributed by atoms with Gasteiger partial charge in [0.2, 0.25) is 0 Å². The Labute approximate surface area is 142 Å². The maximum Gasteiger partial charge on any atom is 0.0872 e. The van der Waals surface area contributed by atoms with Crippen molar-refractivity contribution in [2.45, 2.75) is 77.6 Å². The molecular formula is C22H33F. The van der Waals surface area contributed by atoms with Crippen molar-refractivity contribution in [3.8, 4) is 0 Å². The summed E-state index contributed by atoms with van der Waals surface area (Å²) in [6, 6.07) is 8.32. The van der Waals surface area contributed by atoms with Crippen LogP contribution in [0.5, 0.6) is 0 Å². The average Bonchev–Trinajstić information content (AvgIpc) is 2.59. The van der Waals surface area contributed by atoms with Gasteiger partial charge in [0.1, 0.15) is 0 Å². The van der Waals surface area contributed by atoms with E-state index in [0.717, 1.165) is 17.4 Å². The van der Waals surface area contributed by atoms with Crippen molar-refractivity contribution in [2.75, 3.05) is 0 Å². The van der Waals surface area contributed by atoms with Gasteiger partial charge in [-0.3, -0.25) is 0 Å². The van der Waals surface area contributed by atoms with Gasteiger partial charge in [0.25, 0.3) is 0 Å². The average molecular weight is 317 g/mol. The summed E-state index contributed by atoms with van der Waals surface area (Å²) in [7, 11) is 0. The van der Waals surface area contributed by atoms with Gasteiger partial charge >= 0.3 is 0 Å². The van der Waals surface area contributed by atoms with E-state index in [1.54, 1.807) is 0 Å². The second-order valence-corrected chi connectivity index (χ2v) is 7.31. The Morgan fingerprint density at radius 2 is 1.57 bits per heavy atom. The molecule has 1 aliphatic rings. The molecule has 1 aromatic rings. The zero-order valence-corrected chi connectivity index (χ0v) is 14.8. The van der Waals surface area contributed by atoms with Crippen molar-refractivity contribution in [1.29, 1.82) is 0 Å². The van der Waals surface area contributed by atoms with Crippen molar-refractivity contribution in [3.05, 3.63) is 41.7 Å². The first-order valence-corrected chi connectivity index (χ1v) is 9.67. The van der Waals surface area contributed by atoms with Gasteiger partial charge in [-0.1, -0.05) is 89.0 Å². The first-order valence-electron chi connectivity index (χ1n) is 9.67. The molecule has 1 heteroatoms. The first-order chi connectivity index (χ1) is 11.3. The topological polar surface area (TPSA) is 0 Å². The number of halogens is 1. The smallest absolute Gasteiger partial charge is 0.0872 e. The normalized spacial score (nSPS) is 21.8. The van der Waals surface area contributed by atoms with Crippen LogP contribution < -0.4 is 0 Å².